The van der Waals surface area contributed by atoms with Crippen LogP contribution in [0.1, 0.15) is 0 Å². The molecular formula is C23H27Cl2FN2O2. The average Bonchev–Trinajstić information content (AvgIpc) is 2.73. The van der Waals surface area contributed by atoms with Crippen molar-refractivity contribution in [2.75, 3.05) is 44.2 Å². The molecule has 0 bridgehead atoms. The lowest BCUT2D eigenvalue weighted by Gasteiger charge is -2.36. The molecular weight excluding hydrogens is 426 g/mol. The monoisotopic (exact) mass is 452 g/mol. The molecule has 0 aromatic heterocycles. The Morgan fingerprint density at radius 2 is 1.53 bits per heavy atom. The number of rotatable bonds is 6. The van der Waals surface area contributed by atoms with Crippen molar-refractivity contribution >= 4 is 41.3 Å². The highest BCUT2D eigenvalue weighted by Gasteiger charge is 2.20. The van der Waals surface area contributed by atoms with E-state index in [1.165, 1.54) is 12.1 Å². The summed E-state index contributed by atoms with van der Waals surface area (Å²) < 4.78 is 19.0. The smallest absolute Gasteiger partial charge is 0.127 e. The van der Waals surface area contributed by atoms with Gasteiger partial charge in [0.15, 0.2) is 0 Å². The van der Waals surface area contributed by atoms with Crippen LogP contribution in [0.25, 0.3) is 10.8 Å². The molecule has 1 fully saturated rings. The van der Waals surface area contributed by atoms with E-state index in [1.54, 1.807) is 0 Å². The van der Waals surface area contributed by atoms with E-state index in [1.807, 2.05) is 42.5 Å². The number of aliphatic hydroxyl groups is 1. The van der Waals surface area contributed by atoms with Crippen LogP contribution in [0.5, 0.6) is 5.75 Å². The van der Waals surface area contributed by atoms with Crippen LogP contribution in [-0.4, -0.2) is 55.4 Å². The predicted octanol–water partition coefficient (Wildman–Crippen LogP) is 4.38. The molecule has 1 unspecified atom stereocenters. The summed E-state index contributed by atoms with van der Waals surface area (Å²) in [5.41, 5.74) is 1.04. The largest absolute Gasteiger partial charge is 0.490 e. The summed E-state index contributed by atoms with van der Waals surface area (Å²) in [6, 6.07) is 20.7. The zero-order valence-corrected chi connectivity index (χ0v) is 18.2. The fraction of sp³-hybridized carbons (Fsp3) is 0.304. The normalized spacial score (nSPS) is 15.2. The van der Waals surface area contributed by atoms with E-state index in [2.05, 4.69) is 21.9 Å². The van der Waals surface area contributed by atoms with Crippen LogP contribution in [0, 0.1) is 5.82 Å². The minimum Gasteiger partial charge on any atom is -0.490 e. The molecule has 1 N–H and O–H groups in total. The van der Waals surface area contributed by atoms with Crippen molar-refractivity contribution in [3.05, 3.63) is 72.5 Å². The molecule has 0 amide bonds. The Hall–Kier alpha value is -2.05. The summed E-state index contributed by atoms with van der Waals surface area (Å²) in [6.45, 7) is 4.31. The van der Waals surface area contributed by atoms with E-state index in [9.17, 15) is 9.50 Å². The first-order chi connectivity index (χ1) is 13.7. The van der Waals surface area contributed by atoms with Crippen molar-refractivity contribution < 1.29 is 14.2 Å². The molecule has 4 nitrogen and oxygen atoms in total. The first-order valence-corrected chi connectivity index (χ1v) is 9.70. The maximum atomic E-state index is 13.1. The van der Waals surface area contributed by atoms with Crippen LogP contribution in [0.2, 0.25) is 0 Å². The third-order valence-corrected chi connectivity index (χ3v) is 5.21. The highest BCUT2D eigenvalue weighted by atomic mass is 35.5. The van der Waals surface area contributed by atoms with Crippen molar-refractivity contribution in [1.82, 2.24) is 4.90 Å². The van der Waals surface area contributed by atoms with Crippen LogP contribution >= 0.6 is 24.8 Å². The van der Waals surface area contributed by atoms with Crippen LogP contribution in [0.4, 0.5) is 10.1 Å². The Morgan fingerprint density at radius 1 is 0.867 bits per heavy atom. The Labute approximate surface area is 189 Å². The molecule has 162 valence electrons. The van der Waals surface area contributed by atoms with Crippen LogP contribution in [0.15, 0.2) is 66.7 Å². The third kappa shape index (κ3) is 5.99. The van der Waals surface area contributed by atoms with Crippen molar-refractivity contribution in [2.45, 2.75) is 6.10 Å². The average molecular weight is 453 g/mol. The Balaban J connectivity index is 0.00000160. The van der Waals surface area contributed by atoms with E-state index in [0.717, 1.165) is 48.4 Å². The lowest BCUT2D eigenvalue weighted by molar-refractivity contribution is 0.0668. The van der Waals surface area contributed by atoms with Gasteiger partial charge in [-0.25, -0.2) is 4.39 Å². The van der Waals surface area contributed by atoms with Gasteiger partial charge in [0, 0.05) is 43.8 Å². The molecule has 7 heteroatoms. The number of nitrogens with zero attached hydrogens (tertiary/aromatic N) is 2. The Morgan fingerprint density at radius 3 is 2.27 bits per heavy atom. The Kier molecular flexibility index (Phi) is 9.18. The first kappa shape index (κ1) is 24.2. The number of piperazine rings is 1. The summed E-state index contributed by atoms with van der Waals surface area (Å²) >= 11 is 0. The van der Waals surface area contributed by atoms with Crippen molar-refractivity contribution in [3.63, 3.8) is 0 Å². The number of anilines is 1. The number of benzene rings is 3. The van der Waals surface area contributed by atoms with Gasteiger partial charge in [0.05, 0.1) is 0 Å². The predicted molar refractivity (Wildman–Crippen MR) is 125 cm³/mol. The second-order valence-corrected chi connectivity index (χ2v) is 7.21. The molecule has 3 aromatic rings. The molecule has 1 aliphatic heterocycles. The van der Waals surface area contributed by atoms with E-state index < -0.39 is 6.10 Å². The molecule has 0 spiro atoms. The first-order valence-electron chi connectivity index (χ1n) is 9.70. The maximum Gasteiger partial charge on any atom is 0.127 e. The van der Waals surface area contributed by atoms with E-state index in [0.29, 0.717) is 6.54 Å². The lowest BCUT2D eigenvalue weighted by atomic mass is 10.1. The van der Waals surface area contributed by atoms with Gasteiger partial charge in [-0.15, -0.1) is 24.8 Å². The molecule has 3 aromatic carbocycles. The van der Waals surface area contributed by atoms with Crippen LogP contribution in [-0.2, 0) is 0 Å². The molecule has 0 radical (unpaired) electrons. The van der Waals surface area contributed by atoms with Gasteiger partial charge in [0.25, 0.3) is 0 Å². The molecule has 4 rings (SSSR count). The van der Waals surface area contributed by atoms with Crippen LogP contribution < -0.4 is 9.64 Å². The van der Waals surface area contributed by atoms with Crippen LogP contribution in [0.3, 0.4) is 0 Å². The molecule has 1 aliphatic rings. The highest BCUT2D eigenvalue weighted by molar-refractivity contribution is 5.88. The summed E-state index contributed by atoms with van der Waals surface area (Å²) in [4.78, 5) is 4.49. The second-order valence-electron chi connectivity index (χ2n) is 7.21. The number of halogens is 3. The topological polar surface area (TPSA) is 35.9 Å². The molecule has 0 aliphatic carbocycles. The summed E-state index contributed by atoms with van der Waals surface area (Å²) in [5.74, 6) is 0.593. The zero-order chi connectivity index (χ0) is 19.3. The molecule has 30 heavy (non-hydrogen) atoms. The quantitative estimate of drug-likeness (QED) is 0.601. The van der Waals surface area contributed by atoms with Gasteiger partial charge in [-0.2, -0.15) is 0 Å². The minimum absolute atomic E-state index is 0. The highest BCUT2D eigenvalue weighted by Crippen LogP contribution is 2.25. The van der Waals surface area contributed by atoms with Gasteiger partial charge in [-0.3, -0.25) is 4.90 Å². The van der Waals surface area contributed by atoms with E-state index in [4.69, 9.17) is 4.74 Å². The van der Waals surface area contributed by atoms with Gasteiger partial charge in [0.1, 0.15) is 24.3 Å². The SMILES string of the molecule is Cl.Cl.OC(COc1cccc2ccccc12)CN1CCN(c2ccc(F)cc2)CC1. The summed E-state index contributed by atoms with van der Waals surface area (Å²) in [5, 5.41) is 12.6. The number of aliphatic hydroxyl groups excluding tert-OH is 1. The number of hydrogen-bond acceptors (Lipinski definition) is 4. The second kappa shape index (κ2) is 11.4. The maximum absolute atomic E-state index is 13.1. The standard InChI is InChI=1S/C23H25FN2O2.2ClH/c24-19-8-10-20(11-9-19)26-14-12-25(13-15-26)16-21(27)17-28-23-7-3-5-18-4-1-2-6-22(18)23;;/h1-11,21,27H,12-17H2;2*1H. The fourth-order valence-electron chi connectivity index (χ4n) is 3.70. The summed E-state index contributed by atoms with van der Waals surface area (Å²) in [6.07, 6.45) is -0.545. The van der Waals surface area contributed by atoms with Gasteiger partial charge >= 0.3 is 0 Å². The van der Waals surface area contributed by atoms with Gasteiger partial charge < -0.3 is 14.7 Å². The lowest BCUT2D eigenvalue weighted by Crippen LogP contribution is -2.49. The fourth-order valence-corrected chi connectivity index (χ4v) is 3.70. The Bertz CT molecular complexity index is 913. The zero-order valence-electron chi connectivity index (χ0n) is 16.6. The molecule has 1 saturated heterocycles. The van der Waals surface area contributed by atoms with Crippen molar-refractivity contribution in [1.29, 1.82) is 0 Å². The number of ether oxygens (including phenoxy) is 1. The minimum atomic E-state index is -0.545. The number of β-amino-alcohol motifs (C(OH)–C–C–N with tert-alkyl or cyclic N) is 1. The molecule has 1 atom stereocenters. The van der Waals surface area contributed by atoms with Crippen molar-refractivity contribution in [3.8, 4) is 5.75 Å². The van der Waals surface area contributed by atoms with Gasteiger partial charge in [-0.05, 0) is 35.7 Å². The van der Waals surface area contributed by atoms with E-state index >= 15 is 0 Å². The molecule has 0 saturated carbocycles. The van der Waals surface area contributed by atoms with Gasteiger partial charge in [0.2, 0.25) is 0 Å². The van der Waals surface area contributed by atoms with Crippen molar-refractivity contribution in [2.24, 2.45) is 0 Å². The summed E-state index contributed by atoms with van der Waals surface area (Å²) in [7, 11) is 0. The number of hydrogen-bond donors (Lipinski definition) is 1. The molecule has 1 heterocycles. The van der Waals surface area contributed by atoms with Gasteiger partial charge in [-0.1, -0.05) is 36.4 Å². The third-order valence-electron chi connectivity index (χ3n) is 5.21. The van der Waals surface area contributed by atoms with E-state index in [-0.39, 0.29) is 37.2 Å². The number of fused-ring (bicyclic) bond motifs is 1.